The number of aliphatic hydroxyl groups is 1. The lowest BCUT2D eigenvalue weighted by Gasteiger charge is -2.09. The van der Waals surface area contributed by atoms with E-state index in [4.69, 9.17) is 9.84 Å². The fourth-order valence-corrected chi connectivity index (χ4v) is 1.54. The van der Waals surface area contributed by atoms with Crippen LogP contribution < -0.4 is 4.74 Å². The predicted octanol–water partition coefficient (Wildman–Crippen LogP) is 1.60. The number of ether oxygens (including phenoxy) is 1. The van der Waals surface area contributed by atoms with Gasteiger partial charge in [0.1, 0.15) is 12.4 Å². The van der Waals surface area contributed by atoms with Crippen molar-refractivity contribution in [3.05, 3.63) is 16.3 Å². The van der Waals surface area contributed by atoms with Crippen LogP contribution in [0.3, 0.4) is 0 Å². The zero-order valence-corrected chi connectivity index (χ0v) is 8.58. The van der Waals surface area contributed by atoms with E-state index in [1.807, 2.05) is 6.92 Å². The minimum Gasteiger partial charge on any atom is -0.489 e. The summed E-state index contributed by atoms with van der Waals surface area (Å²) in [4.78, 5) is 10.8. The van der Waals surface area contributed by atoms with Gasteiger partial charge in [0, 0.05) is 0 Å². The van der Waals surface area contributed by atoms with Crippen LogP contribution in [0.5, 0.6) is 5.75 Å². The van der Waals surface area contributed by atoms with Crippen LogP contribution >= 0.6 is 11.3 Å². The fraction of sp³-hybridized carbons (Fsp3) is 0.444. The van der Waals surface area contributed by atoms with Crippen LogP contribution in [0.2, 0.25) is 0 Å². The zero-order chi connectivity index (χ0) is 10.6. The van der Waals surface area contributed by atoms with Crippen molar-refractivity contribution in [1.82, 2.24) is 0 Å². The van der Waals surface area contributed by atoms with E-state index in [-0.39, 0.29) is 11.5 Å². The van der Waals surface area contributed by atoms with Crippen molar-refractivity contribution in [1.29, 1.82) is 0 Å². The van der Waals surface area contributed by atoms with Gasteiger partial charge in [0.15, 0.2) is 4.88 Å². The molecule has 0 bridgehead atoms. The molecule has 4 nitrogen and oxygen atoms in total. The van der Waals surface area contributed by atoms with E-state index in [1.54, 1.807) is 11.4 Å². The molecule has 1 rings (SSSR count). The Bertz CT molecular complexity index is 308. The van der Waals surface area contributed by atoms with Crippen LogP contribution in [0.25, 0.3) is 0 Å². The summed E-state index contributed by atoms with van der Waals surface area (Å²) < 4.78 is 5.17. The summed E-state index contributed by atoms with van der Waals surface area (Å²) in [5.41, 5.74) is 0. The summed E-state index contributed by atoms with van der Waals surface area (Å²) in [7, 11) is 0. The molecule has 0 radical (unpaired) electrons. The highest BCUT2D eigenvalue weighted by atomic mass is 32.1. The van der Waals surface area contributed by atoms with Gasteiger partial charge in [0.2, 0.25) is 0 Å². The normalized spacial score (nSPS) is 12.4. The van der Waals surface area contributed by atoms with Gasteiger partial charge in [0.05, 0.1) is 6.10 Å². The summed E-state index contributed by atoms with van der Waals surface area (Å²) in [5, 5.41) is 19.6. The van der Waals surface area contributed by atoms with Crippen molar-refractivity contribution in [3.8, 4) is 5.75 Å². The Morgan fingerprint density at radius 2 is 2.43 bits per heavy atom. The second kappa shape index (κ2) is 4.97. The quantitative estimate of drug-likeness (QED) is 0.784. The minimum absolute atomic E-state index is 0.132. The van der Waals surface area contributed by atoms with Gasteiger partial charge in [-0.25, -0.2) is 4.79 Å². The maximum Gasteiger partial charge on any atom is 0.349 e. The lowest BCUT2D eigenvalue weighted by Crippen LogP contribution is -2.16. The average Bonchev–Trinajstić information content (AvgIpc) is 2.62. The van der Waals surface area contributed by atoms with Crippen LogP contribution in [0.4, 0.5) is 0 Å². The van der Waals surface area contributed by atoms with Crippen LogP contribution in [0, 0.1) is 0 Å². The first-order chi connectivity index (χ1) is 6.65. The first-order valence-corrected chi connectivity index (χ1v) is 5.14. The van der Waals surface area contributed by atoms with Crippen molar-refractivity contribution in [2.24, 2.45) is 0 Å². The maximum absolute atomic E-state index is 10.7. The lowest BCUT2D eigenvalue weighted by atomic mass is 10.3. The molecule has 0 spiro atoms. The molecule has 2 N–H and O–H groups in total. The van der Waals surface area contributed by atoms with Crippen LogP contribution in [-0.2, 0) is 0 Å². The molecule has 1 aromatic heterocycles. The molecular formula is C9H12O4S. The summed E-state index contributed by atoms with van der Waals surface area (Å²) in [6, 6.07) is 1.59. The maximum atomic E-state index is 10.7. The number of hydrogen-bond acceptors (Lipinski definition) is 4. The van der Waals surface area contributed by atoms with Crippen molar-refractivity contribution in [2.45, 2.75) is 19.4 Å². The number of thiophene rings is 1. The third-order valence-corrected chi connectivity index (χ3v) is 2.61. The van der Waals surface area contributed by atoms with Crippen LogP contribution in [0.15, 0.2) is 11.4 Å². The second-order valence-electron chi connectivity index (χ2n) is 2.79. The Labute approximate surface area is 85.8 Å². The Hall–Kier alpha value is -1.07. The highest BCUT2D eigenvalue weighted by molar-refractivity contribution is 7.12. The number of carboxylic acids is 1. The number of aliphatic hydroxyl groups excluding tert-OH is 1. The third-order valence-electron chi connectivity index (χ3n) is 1.73. The molecule has 1 unspecified atom stereocenters. The Morgan fingerprint density at radius 3 is 3.00 bits per heavy atom. The molecule has 78 valence electrons. The first-order valence-electron chi connectivity index (χ1n) is 4.26. The van der Waals surface area contributed by atoms with Gasteiger partial charge >= 0.3 is 5.97 Å². The zero-order valence-electron chi connectivity index (χ0n) is 7.77. The highest BCUT2D eigenvalue weighted by Crippen LogP contribution is 2.24. The molecule has 1 aromatic rings. The van der Waals surface area contributed by atoms with E-state index >= 15 is 0 Å². The third kappa shape index (κ3) is 2.71. The van der Waals surface area contributed by atoms with Gasteiger partial charge in [-0.3, -0.25) is 0 Å². The van der Waals surface area contributed by atoms with Crippen LogP contribution in [-0.4, -0.2) is 28.9 Å². The van der Waals surface area contributed by atoms with Crippen LogP contribution in [0.1, 0.15) is 23.0 Å². The molecule has 0 aliphatic carbocycles. The second-order valence-corrected chi connectivity index (χ2v) is 3.71. The molecule has 0 aromatic carbocycles. The summed E-state index contributed by atoms with van der Waals surface area (Å²) in [6.45, 7) is 1.97. The Balaban J connectivity index is 2.58. The summed E-state index contributed by atoms with van der Waals surface area (Å²) in [5.74, 6) is -0.670. The molecule has 0 aliphatic heterocycles. The standard InChI is InChI=1S/C9H12O4S/c1-2-6(10)5-13-7-3-4-14-8(7)9(11)12/h3-4,6,10H,2,5H2,1H3,(H,11,12). The Morgan fingerprint density at radius 1 is 1.71 bits per heavy atom. The van der Waals surface area contributed by atoms with E-state index in [0.717, 1.165) is 11.3 Å². The van der Waals surface area contributed by atoms with E-state index in [2.05, 4.69) is 0 Å². The van der Waals surface area contributed by atoms with Crippen molar-refractivity contribution < 1.29 is 19.7 Å². The monoisotopic (exact) mass is 216 g/mol. The number of rotatable bonds is 5. The Kier molecular flexibility index (Phi) is 3.91. The van der Waals surface area contributed by atoms with Crippen molar-refractivity contribution in [3.63, 3.8) is 0 Å². The average molecular weight is 216 g/mol. The van der Waals surface area contributed by atoms with Gasteiger partial charge in [-0.2, -0.15) is 0 Å². The molecule has 0 aliphatic rings. The molecule has 14 heavy (non-hydrogen) atoms. The van der Waals surface area contributed by atoms with Crippen molar-refractivity contribution >= 4 is 17.3 Å². The molecule has 0 saturated heterocycles. The number of carbonyl (C=O) groups is 1. The SMILES string of the molecule is CCC(O)COc1ccsc1C(=O)O. The molecule has 0 saturated carbocycles. The molecule has 0 fully saturated rings. The van der Waals surface area contributed by atoms with Crippen molar-refractivity contribution in [2.75, 3.05) is 6.61 Å². The van der Waals surface area contributed by atoms with Gasteiger partial charge in [-0.15, -0.1) is 11.3 Å². The van der Waals surface area contributed by atoms with Gasteiger partial charge < -0.3 is 14.9 Å². The van der Waals surface area contributed by atoms with Gasteiger partial charge in [0.25, 0.3) is 0 Å². The predicted molar refractivity (Wildman–Crippen MR) is 53.1 cm³/mol. The highest BCUT2D eigenvalue weighted by Gasteiger charge is 2.13. The van der Waals surface area contributed by atoms with E-state index in [1.165, 1.54) is 0 Å². The largest absolute Gasteiger partial charge is 0.489 e. The summed E-state index contributed by atoms with van der Waals surface area (Å²) in [6.07, 6.45) is 0.0450. The molecular weight excluding hydrogens is 204 g/mol. The van der Waals surface area contributed by atoms with E-state index in [9.17, 15) is 9.90 Å². The number of carboxylic acid groups (broad SMARTS) is 1. The van der Waals surface area contributed by atoms with Gasteiger partial charge in [-0.05, 0) is 17.9 Å². The smallest absolute Gasteiger partial charge is 0.349 e. The van der Waals surface area contributed by atoms with Gasteiger partial charge in [-0.1, -0.05) is 6.92 Å². The molecule has 1 heterocycles. The van der Waals surface area contributed by atoms with E-state index < -0.39 is 12.1 Å². The number of aromatic carboxylic acids is 1. The summed E-state index contributed by atoms with van der Waals surface area (Å²) >= 11 is 1.11. The molecule has 5 heteroatoms. The molecule has 1 atom stereocenters. The fourth-order valence-electron chi connectivity index (χ4n) is 0.871. The topological polar surface area (TPSA) is 66.8 Å². The minimum atomic E-state index is -0.999. The first kappa shape index (κ1) is 11.0. The van der Waals surface area contributed by atoms with E-state index in [0.29, 0.717) is 12.2 Å². The molecule has 0 amide bonds. The lowest BCUT2D eigenvalue weighted by molar-refractivity contribution is 0.0689. The number of hydrogen-bond donors (Lipinski definition) is 2.